The summed E-state index contributed by atoms with van der Waals surface area (Å²) in [6.07, 6.45) is 1.01. The van der Waals surface area contributed by atoms with Gasteiger partial charge in [0.05, 0.1) is 6.61 Å². The zero-order chi connectivity index (χ0) is 19.2. The van der Waals surface area contributed by atoms with E-state index in [-0.39, 0.29) is 29.1 Å². The highest BCUT2D eigenvalue weighted by Gasteiger charge is 2.35. The fourth-order valence-corrected chi connectivity index (χ4v) is 4.81. The monoisotopic (exact) mass is 424 g/mol. The molecule has 1 saturated heterocycles. The first-order chi connectivity index (χ1) is 12.4. The van der Waals surface area contributed by atoms with Crippen LogP contribution in [0.4, 0.5) is 0 Å². The molecule has 2 N–H and O–H groups in total. The standard InChI is InChI=1S/C16H28N4O5S.ClH/c1-12-15(13(2)25-19-12)26(22,23)20-9-4-14(5-10-20)16(21)18-7-6-17-8-11-24-3;/h14,17H,4-11H2,1-3H3,(H,18,21);1H. The number of carbonyl (C=O) groups excluding carboxylic acids is 1. The van der Waals surface area contributed by atoms with Crippen molar-refractivity contribution in [3.05, 3.63) is 11.5 Å². The normalized spacial score (nSPS) is 16.1. The molecule has 156 valence electrons. The Morgan fingerprint density at radius 2 is 1.93 bits per heavy atom. The highest BCUT2D eigenvalue weighted by molar-refractivity contribution is 7.89. The quantitative estimate of drug-likeness (QED) is 0.553. The molecule has 1 aliphatic rings. The number of aryl methyl sites for hydroxylation is 2. The topological polar surface area (TPSA) is 114 Å². The Hall–Kier alpha value is -1.20. The van der Waals surface area contributed by atoms with Crippen molar-refractivity contribution in [3.63, 3.8) is 0 Å². The molecule has 0 aromatic carbocycles. The highest BCUT2D eigenvalue weighted by atomic mass is 35.5. The van der Waals surface area contributed by atoms with Gasteiger partial charge in [0, 0.05) is 45.8 Å². The third-order valence-electron chi connectivity index (χ3n) is 4.47. The van der Waals surface area contributed by atoms with Crippen LogP contribution >= 0.6 is 12.4 Å². The molecule has 0 bridgehead atoms. The van der Waals surface area contributed by atoms with E-state index in [4.69, 9.17) is 9.26 Å². The number of rotatable bonds is 9. The maximum Gasteiger partial charge on any atom is 0.248 e. The molecule has 1 aromatic heterocycles. The second kappa shape index (κ2) is 11.0. The Morgan fingerprint density at radius 3 is 2.48 bits per heavy atom. The van der Waals surface area contributed by atoms with Gasteiger partial charge >= 0.3 is 0 Å². The van der Waals surface area contributed by atoms with Crippen LogP contribution < -0.4 is 10.6 Å². The van der Waals surface area contributed by atoms with Gasteiger partial charge < -0.3 is 19.9 Å². The van der Waals surface area contributed by atoms with E-state index >= 15 is 0 Å². The number of carbonyl (C=O) groups is 1. The van der Waals surface area contributed by atoms with Crippen LogP contribution in [0.5, 0.6) is 0 Å². The third kappa shape index (κ3) is 6.15. The van der Waals surface area contributed by atoms with Crippen LogP contribution in [0.15, 0.2) is 9.42 Å². The predicted molar refractivity (Wildman–Crippen MR) is 102 cm³/mol. The lowest BCUT2D eigenvalue weighted by Crippen LogP contribution is -2.44. The van der Waals surface area contributed by atoms with Gasteiger partial charge in [0.2, 0.25) is 15.9 Å². The summed E-state index contributed by atoms with van der Waals surface area (Å²) in [5, 5.41) is 9.77. The van der Waals surface area contributed by atoms with E-state index in [0.717, 1.165) is 6.54 Å². The first-order valence-corrected chi connectivity index (χ1v) is 10.2. The molecule has 0 radical (unpaired) electrons. The van der Waals surface area contributed by atoms with Gasteiger partial charge in [0.15, 0.2) is 5.76 Å². The van der Waals surface area contributed by atoms with Crippen molar-refractivity contribution in [1.82, 2.24) is 20.1 Å². The predicted octanol–water partition coefficient (Wildman–Crippen LogP) is 0.466. The van der Waals surface area contributed by atoms with Gasteiger partial charge in [0.25, 0.3) is 0 Å². The highest BCUT2D eigenvalue weighted by Crippen LogP contribution is 2.27. The Balaban J connectivity index is 0.00000364. The molecule has 0 unspecified atom stereocenters. The maximum atomic E-state index is 12.8. The smallest absolute Gasteiger partial charge is 0.248 e. The van der Waals surface area contributed by atoms with E-state index in [2.05, 4.69) is 15.8 Å². The average molecular weight is 425 g/mol. The number of sulfonamides is 1. The van der Waals surface area contributed by atoms with Gasteiger partial charge in [-0.25, -0.2) is 8.42 Å². The largest absolute Gasteiger partial charge is 0.383 e. The van der Waals surface area contributed by atoms with E-state index in [1.165, 1.54) is 4.31 Å². The molecule has 1 fully saturated rings. The Bertz CT molecular complexity index is 682. The molecule has 2 rings (SSSR count). The zero-order valence-corrected chi connectivity index (χ0v) is 17.6. The average Bonchev–Trinajstić information content (AvgIpc) is 2.97. The second-order valence-corrected chi connectivity index (χ2v) is 8.24. The van der Waals surface area contributed by atoms with E-state index in [1.807, 2.05) is 0 Å². The molecular weight excluding hydrogens is 396 g/mol. The van der Waals surface area contributed by atoms with Gasteiger partial charge in [-0.1, -0.05) is 5.16 Å². The lowest BCUT2D eigenvalue weighted by Gasteiger charge is -2.30. The van der Waals surface area contributed by atoms with Gasteiger partial charge in [-0.3, -0.25) is 4.79 Å². The van der Waals surface area contributed by atoms with Crippen LogP contribution in [0, 0.1) is 19.8 Å². The fraction of sp³-hybridized carbons (Fsp3) is 0.750. The number of ether oxygens (including phenoxy) is 1. The number of aromatic nitrogens is 1. The van der Waals surface area contributed by atoms with Crippen molar-refractivity contribution in [1.29, 1.82) is 0 Å². The van der Waals surface area contributed by atoms with Crippen molar-refractivity contribution in [2.45, 2.75) is 31.6 Å². The van der Waals surface area contributed by atoms with E-state index in [1.54, 1.807) is 21.0 Å². The third-order valence-corrected chi connectivity index (χ3v) is 6.62. The van der Waals surface area contributed by atoms with Crippen LogP contribution in [0.25, 0.3) is 0 Å². The van der Waals surface area contributed by atoms with Gasteiger partial charge in [-0.05, 0) is 26.7 Å². The number of nitrogens with zero attached hydrogens (tertiary/aromatic N) is 2. The van der Waals surface area contributed by atoms with Gasteiger partial charge in [0.1, 0.15) is 10.6 Å². The molecule has 1 aliphatic heterocycles. The Labute approximate surface area is 166 Å². The van der Waals surface area contributed by atoms with Gasteiger partial charge in [-0.2, -0.15) is 4.31 Å². The van der Waals surface area contributed by atoms with E-state index < -0.39 is 10.0 Å². The minimum absolute atomic E-state index is 0. The first kappa shape index (κ1) is 23.8. The lowest BCUT2D eigenvalue weighted by molar-refractivity contribution is -0.126. The zero-order valence-electron chi connectivity index (χ0n) is 16.0. The number of hydrogen-bond acceptors (Lipinski definition) is 7. The van der Waals surface area contributed by atoms with Crippen LogP contribution in [-0.4, -0.2) is 70.2 Å². The lowest BCUT2D eigenvalue weighted by atomic mass is 9.97. The summed E-state index contributed by atoms with van der Waals surface area (Å²) in [6.45, 7) is 6.43. The molecule has 27 heavy (non-hydrogen) atoms. The summed E-state index contributed by atoms with van der Waals surface area (Å²) < 4.78 is 36.9. The van der Waals surface area contributed by atoms with E-state index in [9.17, 15) is 13.2 Å². The molecular formula is C16H29ClN4O5S. The molecule has 0 spiro atoms. The van der Waals surface area contributed by atoms with E-state index in [0.29, 0.717) is 57.1 Å². The summed E-state index contributed by atoms with van der Waals surface area (Å²) in [5.74, 6) is 0.112. The Kier molecular flexibility index (Phi) is 9.68. The molecule has 0 aliphatic carbocycles. The molecule has 11 heteroatoms. The molecule has 1 aromatic rings. The summed E-state index contributed by atoms with van der Waals surface area (Å²) in [6, 6.07) is 0. The summed E-state index contributed by atoms with van der Waals surface area (Å²) in [5.41, 5.74) is 0.364. The van der Waals surface area contributed by atoms with Crippen molar-refractivity contribution in [2.24, 2.45) is 5.92 Å². The Morgan fingerprint density at radius 1 is 1.26 bits per heavy atom. The molecule has 9 nitrogen and oxygen atoms in total. The maximum absolute atomic E-state index is 12.8. The number of nitrogens with one attached hydrogen (secondary N) is 2. The first-order valence-electron chi connectivity index (χ1n) is 8.78. The molecule has 1 amide bonds. The molecule has 0 atom stereocenters. The minimum atomic E-state index is -3.64. The molecule has 0 saturated carbocycles. The summed E-state index contributed by atoms with van der Waals surface area (Å²) >= 11 is 0. The number of amides is 1. The van der Waals surface area contributed by atoms with Crippen LogP contribution in [-0.2, 0) is 19.6 Å². The fourth-order valence-electron chi connectivity index (χ4n) is 3.05. The summed E-state index contributed by atoms with van der Waals surface area (Å²) in [7, 11) is -1.99. The summed E-state index contributed by atoms with van der Waals surface area (Å²) in [4.78, 5) is 12.4. The number of piperidine rings is 1. The second-order valence-electron chi connectivity index (χ2n) is 6.37. The SMILES string of the molecule is COCCNCCNC(=O)C1CCN(S(=O)(=O)c2c(C)noc2C)CC1.Cl. The van der Waals surface area contributed by atoms with Crippen LogP contribution in [0.1, 0.15) is 24.3 Å². The van der Waals surface area contributed by atoms with Crippen molar-refractivity contribution in [2.75, 3.05) is 46.4 Å². The van der Waals surface area contributed by atoms with Crippen molar-refractivity contribution in [3.8, 4) is 0 Å². The number of methoxy groups -OCH3 is 1. The van der Waals surface area contributed by atoms with Crippen molar-refractivity contribution < 1.29 is 22.5 Å². The van der Waals surface area contributed by atoms with Crippen molar-refractivity contribution >= 4 is 28.3 Å². The van der Waals surface area contributed by atoms with Crippen LogP contribution in [0.3, 0.4) is 0 Å². The van der Waals surface area contributed by atoms with Crippen LogP contribution in [0.2, 0.25) is 0 Å². The number of hydrogen-bond donors (Lipinski definition) is 2. The molecule has 2 heterocycles. The number of halogens is 1. The minimum Gasteiger partial charge on any atom is -0.383 e. The van der Waals surface area contributed by atoms with Gasteiger partial charge in [-0.15, -0.1) is 12.4 Å².